The van der Waals surface area contributed by atoms with Crippen molar-refractivity contribution in [3.63, 3.8) is 0 Å². The molecule has 0 amide bonds. The lowest BCUT2D eigenvalue weighted by Crippen LogP contribution is -2.44. The Kier molecular flexibility index (Phi) is 7.99. The topological polar surface area (TPSA) is 110 Å². The molecule has 0 spiro atoms. The molecular formula is C31H31NO8S. The van der Waals surface area contributed by atoms with Crippen LogP contribution in [0.3, 0.4) is 0 Å². The Balaban J connectivity index is 1.63. The van der Waals surface area contributed by atoms with E-state index in [-0.39, 0.29) is 30.2 Å². The van der Waals surface area contributed by atoms with Gasteiger partial charge >= 0.3 is 11.9 Å². The van der Waals surface area contributed by atoms with Crippen molar-refractivity contribution >= 4 is 32.9 Å². The Hall–Kier alpha value is -3.99. The number of aromatic nitrogens is 1. The van der Waals surface area contributed by atoms with Gasteiger partial charge in [-0.15, -0.1) is 0 Å². The smallest absolute Gasteiger partial charge is 0.326 e. The SMILES string of the molecule is COC(=O)C1(C(=O)OC)C[C@H](COCc2ccccc2)O[C@@H]1c1cc2ccccc2n1S(=O)(=O)c1ccc(C)cc1. The summed E-state index contributed by atoms with van der Waals surface area (Å²) in [5.74, 6) is -1.77. The Labute approximate surface area is 238 Å². The van der Waals surface area contributed by atoms with Crippen LogP contribution in [-0.4, -0.2) is 51.3 Å². The average molecular weight is 578 g/mol. The van der Waals surface area contributed by atoms with Gasteiger partial charge in [-0.25, -0.2) is 12.4 Å². The third-order valence-corrected chi connectivity index (χ3v) is 9.12. The van der Waals surface area contributed by atoms with Gasteiger partial charge < -0.3 is 18.9 Å². The summed E-state index contributed by atoms with van der Waals surface area (Å²) in [5, 5.41) is 0.592. The first-order valence-corrected chi connectivity index (χ1v) is 14.5. The largest absolute Gasteiger partial charge is 0.468 e. The van der Waals surface area contributed by atoms with Gasteiger partial charge in [0, 0.05) is 11.8 Å². The Bertz CT molecular complexity index is 1650. The van der Waals surface area contributed by atoms with Crippen LogP contribution in [0.1, 0.15) is 29.3 Å². The quantitative estimate of drug-likeness (QED) is 0.210. The first-order valence-electron chi connectivity index (χ1n) is 13.1. The van der Waals surface area contributed by atoms with Gasteiger partial charge in [0.1, 0.15) is 6.10 Å². The third kappa shape index (κ3) is 5.14. The molecule has 1 aliphatic rings. The number of carbonyl (C=O) groups excluding carboxylic acids is 2. The molecular weight excluding hydrogens is 546 g/mol. The second-order valence-electron chi connectivity index (χ2n) is 10.0. The van der Waals surface area contributed by atoms with Crippen molar-refractivity contribution in [2.24, 2.45) is 5.41 Å². The Morgan fingerprint density at radius 1 is 0.927 bits per heavy atom. The number of esters is 2. The molecule has 0 saturated carbocycles. The summed E-state index contributed by atoms with van der Waals surface area (Å²) in [6.45, 7) is 2.20. The van der Waals surface area contributed by atoms with Crippen molar-refractivity contribution in [3.8, 4) is 0 Å². The fourth-order valence-corrected chi connectivity index (χ4v) is 6.91. The van der Waals surface area contributed by atoms with Gasteiger partial charge in [-0.05, 0) is 36.8 Å². The van der Waals surface area contributed by atoms with Crippen LogP contribution in [0.2, 0.25) is 0 Å². The average Bonchev–Trinajstić information content (AvgIpc) is 3.57. The number of rotatable bonds is 9. The fourth-order valence-electron chi connectivity index (χ4n) is 5.37. The highest BCUT2D eigenvalue weighted by Gasteiger charge is 2.63. The lowest BCUT2D eigenvalue weighted by molar-refractivity contribution is -0.174. The van der Waals surface area contributed by atoms with Crippen molar-refractivity contribution < 1.29 is 37.0 Å². The van der Waals surface area contributed by atoms with E-state index in [0.29, 0.717) is 10.9 Å². The van der Waals surface area contributed by atoms with Gasteiger partial charge in [-0.1, -0.05) is 66.2 Å². The minimum absolute atomic E-state index is 0.0477. The zero-order valence-corrected chi connectivity index (χ0v) is 23.8. The summed E-state index contributed by atoms with van der Waals surface area (Å²) in [6.07, 6.45) is -2.21. The number of hydrogen-bond acceptors (Lipinski definition) is 8. The molecule has 1 aromatic heterocycles. The molecule has 2 heterocycles. The number of nitrogens with zero attached hydrogens (tertiary/aromatic N) is 1. The molecule has 0 N–H and O–H groups in total. The van der Waals surface area contributed by atoms with E-state index >= 15 is 0 Å². The number of methoxy groups -OCH3 is 2. The van der Waals surface area contributed by atoms with Crippen LogP contribution in [0.5, 0.6) is 0 Å². The zero-order chi connectivity index (χ0) is 29.2. The normalized spacial score (nSPS) is 18.3. The van der Waals surface area contributed by atoms with Gasteiger partial charge in [0.15, 0.2) is 5.41 Å². The van der Waals surface area contributed by atoms with E-state index in [1.807, 2.05) is 37.3 Å². The van der Waals surface area contributed by atoms with Gasteiger partial charge in [-0.3, -0.25) is 9.59 Å². The summed E-state index contributed by atoms with van der Waals surface area (Å²) in [7, 11) is -1.85. The van der Waals surface area contributed by atoms with Crippen LogP contribution in [0.25, 0.3) is 10.9 Å². The summed E-state index contributed by atoms with van der Waals surface area (Å²) in [4.78, 5) is 26.9. The molecule has 10 heteroatoms. The highest BCUT2D eigenvalue weighted by atomic mass is 32.2. The van der Waals surface area contributed by atoms with E-state index < -0.39 is 39.6 Å². The number of aryl methyl sites for hydroxylation is 1. The minimum atomic E-state index is -4.19. The molecule has 3 aromatic carbocycles. The van der Waals surface area contributed by atoms with Crippen LogP contribution in [-0.2, 0) is 45.2 Å². The summed E-state index contributed by atoms with van der Waals surface area (Å²) >= 11 is 0. The maximum Gasteiger partial charge on any atom is 0.326 e. The third-order valence-electron chi connectivity index (χ3n) is 7.36. The van der Waals surface area contributed by atoms with Crippen LogP contribution in [0, 0.1) is 12.3 Å². The van der Waals surface area contributed by atoms with Gasteiger partial charge in [-0.2, -0.15) is 0 Å². The molecule has 0 bridgehead atoms. The molecule has 9 nitrogen and oxygen atoms in total. The highest BCUT2D eigenvalue weighted by molar-refractivity contribution is 7.90. The minimum Gasteiger partial charge on any atom is -0.468 e. The van der Waals surface area contributed by atoms with Crippen molar-refractivity contribution in [1.29, 1.82) is 0 Å². The summed E-state index contributed by atoms with van der Waals surface area (Å²) < 4.78 is 51.9. The molecule has 0 aliphatic carbocycles. The van der Waals surface area contributed by atoms with Crippen LogP contribution < -0.4 is 0 Å². The maximum atomic E-state index is 14.1. The predicted octanol–water partition coefficient (Wildman–Crippen LogP) is 4.57. The Morgan fingerprint density at radius 2 is 1.56 bits per heavy atom. The molecule has 214 valence electrons. The number of para-hydroxylation sites is 1. The Morgan fingerprint density at radius 3 is 2.22 bits per heavy atom. The monoisotopic (exact) mass is 577 g/mol. The number of benzene rings is 3. The van der Waals surface area contributed by atoms with Crippen molar-refractivity contribution in [1.82, 2.24) is 3.97 Å². The van der Waals surface area contributed by atoms with Crippen LogP contribution >= 0.6 is 0 Å². The van der Waals surface area contributed by atoms with E-state index in [0.717, 1.165) is 15.1 Å². The first kappa shape index (κ1) is 28.5. The van der Waals surface area contributed by atoms with Gasteiger partial charge in [0.25, 0.3) is 10.0 Å². The predicted molar refractivity (Wildman–Crippen MR) is 150 cm³/mol. The van der Waals surface area contributed by atoms with Crippen molar-refractivity contribution in [3.05, 3.63) is 102 Å². The van der Waals surface area contributed by atoms with E-state index in [1.54, 1.807) is 42.5 Å². The van der Waals surface area contributed by atoms with Crippen LogP contribution in [0.15, 0.2) is 89.8 Å². The zero-order valence-electron chi connectivity index (χ0n) is 23.0. The molecule has 5 rings (SSSR count). The molecule has 1 aliphatic heterocycles. The van der Waals surface area contributed by atoms with Gasteiger partial charge in [0.05, 0.1) is 49.6 Å². The van der Waals surface area contributed by atoms with E-state index in [9.17, 15) is 18.0 Å². The second-order valence-corrected chi connectivity index (χ2v) is 11.8. The fraction of sp³-hybridized carbons (Fsp3) is 0.290. The van der Waals surface area contributed by atoms with Gasteiger partial charge in [0.2, 0.25) is 0 Å². The number of ether oxygens (including phenoxy) is 4. The lowest BCUT2D eigenvalue weighted by atomic mass is 9.78. The highest BCUT2D eigenvalue weighted by Crippen LogP contribution is 2.51. The van der Waals surface area contributed by atoms with Crippen LogP contribution in [0.4, 0.5) is 0 Å². The molecule has 1 saturated heterocycles. The standard InChI is InChI=1S/C31H31NO8S/c1-21-13-15-25(16-14-21)41(35,36)32-26-12-8-7-11-23(26)17-27(32)28-31(29(33)37-2,30(34)38-3)18-24(40-28)20-39-19-22-9-5-4-6-10-22/h4-17,24,28H,18-20H2,1-3H3/t24-,28-/m1/s1. The summed E-state index contributed by atoms with van der Waals surface area (Å²) in [6, 6.07) is 24.5. The first-order chi connectivity index (χ1) is 19.7. The number of hydrogen-bond donors (Lipinski definition) is 0. The molecule has 1 fully saturated rings. The molecule has 41 heavy (non-hydrogen) atoms. The molecule has 0 unspecified atom stereocenters. The second kappa shape index (κ2) is 11.5. The van der Waals surface area contributed by atoms with E-state index in [4.69, 9.17) is 18.9 Å². The maximum absolute atomic E-state index is 14.1. The molecule has 2 atom stereocenters. The van der Waals surface area contributed by atoms with E-state index in [1.165, 1.54) is 26.4 Å². The van der Waals surface area contributed by atoms with E-state index in [2.05, 4.69) is 0 Å². The molecule has 0 radical (unpaired) electrons. The summed E-state index contributed by atoms with van der Waals surface area (Å²) in [5.41, 5.74) is 0.347. The number of fused-ring (bicyclic) bond motifs is 1. The lowest BCUT2D eigenvalue weighted by Gasteiger charge is -2.29. The number of carbonyl (C=O) groups is 2. The molecule has 4 aromatic rings. The van der Waals surface area contributed by atoms with Crippen molar-refractivity contribution in [2.45, 2.75) is 37.1 Å². The van der Waals surface area contributed by atoms with Crippen molar-refractivity contribution in [2.75, 3.05) is 20.8 Å².